The molecule has 0 bridgehead atoms. The number of hydrogen-bond acceptors (Lipinski definition) is 5. The Morgan fingerprint density at radius 3 is 2.62 bits per heavy atom. The summed E-state index contributed by atoms with van der Waals surface area (Å²) < 4.78 is 25.6. The first-order chi connectivity index (χ1) is 16.4. The fourth-order valence-electron chi connectivity index (χ4n) is 4.19. The van der Waals surface area contributed by atoms with Crippen LogP contribution in [0.5, 0.6) is 11.5 Å². The molecule has 0 aromatic heterocycles. The van der Waals surface area contributed by atoms with Crippen molar-refractivity contribution in [2.75, 3.05) is 6.61 Å². The van der Waals surface area contributed by atoms with E-state index >= 15 is 0 Å². The Hall–Kier alpha value is -3.20. The van der Waals surface area contributed by atoms with Crippen LogP contribution in [0.15, 0.2) is 46.4 Å². The number of amides is 4. The molecule has 0 unspecified atom stereocenters. The smallest absolute Gasteiger partial charge is 0.331 e. The summed E-state index contributed by atoms with van der Waals surface area (Å²) in [4.78, 5) is 39.0. The number of carbonyl (C=O) groups excluding carboxylic acids is 3. The van der Waals surface area contributed by atoms with Crippen LogP contribution in [-0.2, 0) is 16.2 Å². The quantitative estimate of drug-likeness (QED) is 0.403. The summed E-state index contributed by atoms with van der Waals surface area (Å²) in [6, 6.07) is 8.57. The summed E-state index contributed by atoms with van der Waals surface area (Å²) in [6.07, 6.45) is 4.79. The van der Waals surface area contributed by atoms with Crippen LogP contribution in [0.25, 0.3) is 6.08 Å². The molecule has 2 aliphatic rings. The second-order valence-corrected chi connectivity index (χ2v) is 8.97. The highest BCUT2D eigenvalue weighted by atomic mass is 79.9. The van der Waals surface area contributed by atoms with E-state index in [0.29, 0.717) is 33.7 Å². The molecule has 9 heteroatoms. The van der Waals surface area contributed by atoms with Gasteiger partial charge in [0.05, 0.1) is 11.1 Å². The standard InChI is InChI=1S/C25H24BrFN2O5/c1-2-33-21-13-16(12-20(26)22(21)34-14-15-6-5-7-17(27)10-15)11-19-23(30)28-25(32)29(24(19)31)18-8-3-4-9-18/h5-7,10-13,18H,2-4,8-9,14H2,1H3,(H,28,30,32)/b19-11+. The van der Waals surface area contributed by atoms with E-state index in [4.69, 9.17) is 9.47 Å². The molecule has 1 aliphatic carbocycles. The summed E-state index contributed by atoms with van der Waals surface area (Å²) >= 11 is 3.47. The molecule has 0 spiro atoms. The van der Waals surface area contributed by atoms with E-state index in [1.165, 1.54) is 18.2 Å². The summed E-state index contributed by atoms with van der Waals surface area (Å²) in [6.45, 7) is 2.29. The highest BCUT2D eigenvalue weighted by Crippen LogP contribution is 2.38. The van der Waals surface area contributed by atoms with Crippen LogP contribution in [0.3, 0.4) is 0 Å². The van der Waals surface area contributed by atoms with Gasteiger partial charge in [-0.2, -0.15) is 0 Å². The molecular weight excluding hydrogens is 507 g/mol. The summed E-state index contributed by atoms with van der Waals surface area (Å²) in [5, 5.41) is 2.28. The predicted octanol–water partition coefficient (Wildman–Crippen LogP) is 4.97. The number of benzene rings is 2. The first-order valence-electron chi connectivity index (χ1n) is 11.1. The predicted molar refractivity (Wildman–Crippen MR) is 127 cm³/mol. The van der Waals surface area contributed by atoms with Crippen molar-refractivity contribution in [2.24, 2.45) is 0 Å². The molecule has 2 fully saturated rings. The zero-order valence-corrected chi connectivity index (χ0v) is 20.2. The van der Waals surface area contributed by atoms with Crippen molar-refractivity contribution in [3.63, 3.8) is 0 Å². The third kappa shape index (κ3) is 5.14. The van der Waals surface area contributed by atoms with Crippen LogP contribution in [0.2, 0.25) is 0 Å². The van der Waals surface area contributed by atoms with Gasteiger partial charge in [0.1, 0.15) is 18.0 Å². The lowest BCUT2D eigenvalue weighted by Crippen LogP contribution is -2.57. The number of halogens is 2. The normalized spacial score (nSPS) is 17.9. The first kappa shape index (κ1) is 23.9. The molecule has 0 radical (unpaired) electrons. The largest absolute Gasteiger partial charge is 0.490 e. The van der Waals surface area contributed by atoms with E-state index in [-0.39, 0.29) is 24.0 Å². The Morgan fingerprint density at radius 1 is 1.15 bits per heavy atom. The number of rotatable bonds is 7. The topological polar surface area (TPSA) is 84.9 Å². The van der Waals surface area contributed by atoms with Crippen molar-refractivity contribution < 1.29 is 28.2 Å². The minimum absolute atomic E-state index is 0.116. The van der Waals surface area contributed by atoms with E-state index in [1.807, 2.05) is 6.92 Å². The highest BCUT2D eigenvalue weighted by Gasteiger charge is 2.40. The molecule has 4 amide bonds. The molecule has 7 nitrogen and oxygen atoms in total. The van der Waals surface area contributed by atoms with Gasteiger partial charge in [0.2, 0.25) is 0 Å². The second kappa shape index (κ2) is 10.4. The molecule has 1 saturated carbocycles. The minimum atomic E-state index is -0.732. The summed E-state index contributed by atoms with van der Waals surface area (Å²) in [7, 11) is 0. The van der Waals surface area contributed by atoms with Gasteiger partial charge in [-0.3, -0.25) is 19.8 Å². The average molecular weight is 531 g/mol. The third-order valence-electron chi connectivity index (χ3n) is 5.74. The van der Waals surface area contributed by atoms with Crippen molar-refractivity contribution in [1.82, 2.24) is 10.2 Å². The lowest BCUT2D eigenvalue weighted by Gasteiger charge is -2.31. The second-order valence-electron chi connectivity index (χ2n) is 8.11. The van der Waals surface area contributed by atoms with Crippen LogP contribution in [0, 0.1) is 5.82 Å². The van der Waals surface area contributed by atoms with Gasteiger partial charge in [-0.1, -0.05) is 25.0 Å². The number of urea groups is 1. The molecule has 1 aliphatic heterocycles. The van der Waals surface area contributed by atoms with Crippen molar-refractivity contribution >= 4 is 39.9 Å². The Balaban J connectivity index is 1.62. The van der Waals surface area contributed by atoms with Gasteiger partial charge in [0.25, 0.3) is 11.8 Å². The molecule has 34 heavy (non-hydrogen) atoms. The van der Waals surface area contributed by atoms with Gasteiger partial charge in [-0.05, 0) is 77.2 Å². The lowest BCUT2D eigenvalue weighted by molar-refractivity contribution is -0.131. The molecule has 1 saturated heterocycles. The lowest BCUT2D eigenvalue weighted by atomic mass is 10.0. The SMILES string of the molecule is CCOc1cc(/C=C2\C(=O)NC(=O)N(C3CCCC3)C2=O)cc(Br)c1OCc1cccc(F)c1. The molecule has 1 N–H and O–H groups in total. The first-order valence-corrected chi connectivity index (χ1v) is 11.9. The molecular formula is C25H24BrFN2O5. The number of hydrogen-bond donors (Lipinski definition) is 1. The van der Waals surface area contributed by atoms with Crippen molar-refractivity contribution in [3.05, 3.63) is 63.4 Å². The van der Waals surface area contributed by atoms with E-state index < -0.39 is 17.8 Å². The van der Waals surface area contributed by atoms with Crippen LogP contribution >= 0.6 is 15.9 Å². The Labute approximate surface area is 205 Å². The Morgan fingerprint density at radius 2 is 1.91 bits per heavy atom. The zero-order chi connectivity index (χ0) is 24.2. The van der Waals surface area contributed by atoms with Crippen LogP contribution < -0.4 is 14.8 Å². The maximum Gasteiger partial charge on any atom is 0.331 e. The molecule has 1 heterocycles. The third-order valence-corrected chi connectivity index (χ3v) is 6.33. The van der Waals surface area contributed by atoms with Gasteiger partial charge in [0.15, 0.2) is 11.5 Å². The number of barbiturate groups is 1. The molecule has 178 valence electrons. The van der Waals surface area contributed by atoms with E-state index in [0.717, 1.165) is 30.6 Å². The highest BCUT2D eigenvalue weighted by molar-refractivity contribution is 9.10. The van der Waals surface area contributed by atoms with Crippen molar-refractivity contribution in [1.29, 1.82) is 0 Å². The van der Waals surface area contributed by atoms with E-state index in [9.17, 15) is 18.8 Å². The van der Waals surface area contributed by atoms with Crippen molar-refractivity contribution in [2.45, 2.75) is 45.3 Å². The number of ether oxygens (including phenoxy) is 2. The number of nitrogens with one attached hydrogen (secondary N) is 1. The fraction of sp³-hybridized carbons (Fsp3) is 0.320. The van der Waals surface area contributed by atoms with Crippen LogP contribution in [0.4, 0.5) is 9.18 Å². The van der Waals surface area contributed by atoms with Crippen LogP contribution in [0.1, 0.15) is 43.7 Å². The number of nitrogens with zero attached hydrogens (tertiary/aromatic N) is 1. The number of carbonyl (C=O) groups is 3. The summed E-state index contributed by atoms with van der Waals surface area (Å²) in [5.74, 6) is -0.874. The minimum Gasteiger partial charge on any atom is -0.490 e. The Bertz CT molecular complexity index is 1160. The zero-order valence-electron chi connectivity index (χ0n) is 18.6. The maximum atomic E-state index is 13.5. The van der Waals surface area contributed by atoms with Crippen LogP contribution in [-0.4, -0.2) is 35.4 Å². The van der Waals surface area contributed by atoms with E-state index in [2.05, 4.69) is 21.2 Å². The van der Waals surface area contributed by atoms with Gasteiger partial charge < -0.3 is 9.47 Å². The molecule has 4 rings (SSSR count). The van der Waals surface area contributed by atoms with Gasteiger partial charge in [-0.25, -0.2) is 9.18 Å². The Kier molecular flexibility index (Phi) is 7.31. The van der Waals surface area contributed by atoms with Gasteiger partial charge >= 0.3 is 6.03 Å². The average Bonchev–Trinajstić information content (AvgIpc) is 3.30. The monoisotopic (exact) mass is 530 g/mol. The fourth-order valence-corrected chi connectivity index (χ4v) is 4.76. The molecule has 2 aromatic carbocycles. The molecule has 2 aromatic rings. The van der Waals surface area contributed by atoms with E-state index in [1.54, 1.807) is 24.3 Å². The summed E-state index contributed by atoms with van der Waals surface area (Å²) in [5.41, 5.74) is 1.06. The van der Waals surface area contributed by atoms with Gasteiger partial charge in [-0.15, -0.1) is 0 Å². The maximum absolute atomic E-state index is 13.5. The molecule has 0 atom stereocenters. The van der Waals surface area contributed by atoms with Gasteiger partial charge in [0, 0.05) is 6.04 Å². The van der Waals surface area contributed by atoms with Crippen molar-refractivity contribution in [3.8, 4) is 11.5 Å². The number of imide groups is 2.